The molecule has 0 radical (unpaired) electrons. The number of aromatic nitrogens is 3. The van der Waals surface area contributed by atoms with Crippen molar-refractivity contribution in [2.45, 2.75) is 6.92 Å². The highest BCUT2D eigenvalue weighted by Crippen LogP contribution is 2.27. The van der Waals surface area contributed by atoms with Gasteiger partial charge in [0, 0.05) is 12.4 Å². The van der Waals surface area contributed by atoms with Crippen LogP contribution < -0.4 is 0 Å². The molecule has 0 bridgehead atoms. The van der Waals surface area contributed by atoms with Crippen LogP contribution in [0, 0.1) is 0 Å². The summed E-state index contributed by atoms with van der Waals surface area (Å²) < 4.78 is 5.13. The van der Waals surface area contributed by atoms with Crippen molar-refractivity contribution in [3.05, 3.63) is 60.4 Å². The average Bonchev–Trinajstić information content (AvgIpc) is 3.02. The number of ether oxygens (including phenoxy) is 1. The lowest BCUT2D eigenvalue weighted by molar-refractivity contribution is 0.0527. The lowest BCUT2D eigenvalue weighted by Gasteiger charge is -2.03. The second kappa shape index (κ2) is 6.22. The molecule has 0 spiro atoms. The molecule has 5 heteroatoms. The molecule has 3 rings (SSSR count). The summed E-state index contributed by atoms with van der Waals surface area (Å²) in [4.78, 5) is 24.0. The van der Waals surface area contributed by atoms with E-state index in [2.05, 4.69) is 15.0 Å². The van der Waals surface area contributed by atoms with Gasteiger partial charge in [-0.05, 0) is 37.3 Å². The van der Waals surface area contributed by atoms with Gasteiger partial charge in [0.25, 0.3) is 0 Å². The van der Waals surface area contributed by atoms with Gasteiger partial charge in [-0.2, -0.15) is 0 Å². The molecule has 3 aromatic rings. The van der Waals surface area contributed by atoms with Gasteiger partial charge in [-0.3, -0.25) is 9.97 Å². The van der Waals surface area contributed by atoms with Crippen LogP contribution in [0.4, 0.5) is 0 Å². The van der Waals surface area contributed by atoms with Gasteiger partial charge < -0.3 is 9.72 Å². The summed E-state index contributed by atoms with van der Waals surface area (Å²) in [7, 11) is 0. The van der Waals surface area contributed by atoms with Crippen LogP contribution in [0.5, 0.6) is 0 Å². The number of H-pyrrole nitrogens is 1. The molecule has 3 aromatic heterocycles. The number of aromatic amines is 1. The first kappa shape index (κ1) is 14.0. The fourth-order valence-electron chi connectivity index (χ4n) is 2.20. The molecule has 0 aromatic carbocycles. The third-order valence-electron chi connectivity index (χ3n) is 3.17. The van der Waals surface area contributed by atoms with Crippen LogP contribution in [0.2, 0.25) is 0 Å². The van der Waals surface area contributed by atoms with Crippen molar-refractivity contribution in [2.75, 3.05) is 6.61 Å². The molecular formula is C17H15N3O2. The van der Waals surface area contributed by atoms with E-state index in [1.54, 1.807) is 25.4 Å². The summed E-state index contributed by atoms with van der Waals surface area (Å²) in [6, 6.07) is 12.9. The molecule has 1 N–H and O–H groups in total. The second-order valence-corrected chi connectivity index (χ2v) is 4.62. The number of hydrogen-bond donors (Lipinski definition) is 1. The number of rotatable bonds is 4. The van der Waals surface area contributed by atoms with E-state index in [-0.39, 0.29) is 5.97 Å². The van der Waals surface area contributed by atoms with Crippen molar-refractivity contribution in [3.63, 3.8) is 0 Å². The predicted molar refractivity (Wildman–Crippen MR) is 83.2 cm³/mol. The zero-order valence-electron chi connectivity index (χ0n) is 12.1. The maximum absolute atomic E-state index is 12.2. The Hall–Kier alpha value is -2.95. The summed E-state index contributed by atoms with van der Waals surface area (Å²) in [6.07, 6.45) is 3.40. The standard InChI is InChI=1S/C17H15N3O2/c1-2-22-17(21)12-11-15(13-7-3-5-9-18-13)20-16(12)14-8-4-6-10-19-14/h3-11,20H,2H2,1H3. The van der Waals surface area contributed by atoms with Crippen LogP contribution in [0.3, 0.4) is 0 Å². The number of carbonyl (C=O) groups excluding carboxylic acids is 1. The molecule has 5 nitrogen and oxygen atoms in total. The highest BCUT2D eigenvalue weighted by Gasteiger charge is 2.19. The topological polar surface area (TPSA) is 67.9 Å². The zero-order chi connectivity index (χ0) is 15.4. The van der Waals surface area contributed by atoms with Gasteiger partial charge >= 0.3 is 5.97 Å². The van der Waals surface area contributed by atoms with E-state index in [1.165, 1.54) is 0 Å². The molecule has 0 atom stereocenters. The van der Waals surface area contributed by atoms with Crippen molar-refractivity contribution in [1.29, 1.82) is 0 Å². The number of esters is 1. The number of nitrogens with zero attached hydrogens (tertiary/aromatic N) is 2. The number of hydrogen-bond acceptors (Lipinski definition) is 4. The van der Waals surface area contributed by atoms with Gasteiger partial charge in [0.2, 0.25) is 0 Å². The highest BCUT2D eigenvalue weighted by molar-refractivity contribution is 5.97. The first-order valence-corrected chi connectivity index (χ1v) is 7.02. The van der Waals surface area contributed by atoms with Crippen LogP contribution in [-0.4, -0.2) is 27.5 Å². The van der Waals surface area contributed by atoms with Crippen LogP contribution in [0.1, 0.15) is 17.3 Å². The Morgan fingerprint density at radius 1 is 1.09 bits per heavy atom. The van der Waals surface area contributed by atoms with Crippen molar-refractivity contribution in [2.24, 2.45) is 0 Å². The monoisotopic (exact) mass is 293 g/mol. The van der Waals surface area contributed by atoms with E-state index in [0.29, 0.717) is 23.6 Å². The Morgan fingerprint density at radius 3 is 2.36 bits per heavy atom. The third kappa shape index (κ3) is 2.74. The maximum atomic E-state index is 12.2. The van der Waals surface area contributed by atoms with E-state index in [1.807, 2.05) is 36.4 Å². The molecule has 110 valence electrons. The number of nitrogens with one attached hydrogen (secondary N) is 1. The van der Waals surface area contributed by atoms with Gasteiger partial charge in [0.15, 0.2) is 0 Å². The van der Waals surface area contributed by atoms with Crippen LogP contribution in [0.15, 0.2) is 54.9 Å². The molecule has 0 aliphatic rings. The Kier molecular flexibility index (Phi) is 3.96. The summed E-state index contributed by atoms with van der Waals surface area (Å²) in [5, 5.41) is 0. The van der Waals surface area contributed by atoms with Crippen LogP contribution >= 0.6 is 0 Å². The average molecular weight is 293 g/mol. The minimum Gasteiger partial charge on any atom is -0.462 e. The fourth-order valence-corrected chi connectivity index (χ4v) is 2.20. The maximum Gasteiger partial charge on any atom is 0.340 e. The summed E-state index contributed by atoms with van der Waals surface area (Å²) in [5.74, 6) is -0.374. The van der Waals surface area contributed by atoms with Gasteiger partial charge in [-0.1, -0.05) is 12.1 Å². The predicted octanol–water partition coefficient (Wildman–Crippen LogP) is 3.32. The molecule has 0 aliphatic carbocycles. The Morgan fingerprint density at radius 2 is 1.77 bits per heavy atom. The van der Waals surface area contributed by atoms with Crippen molar-refractivity contribution >= 4 is 5.97 Å². The fraction of sp³-hybridized carbons (Fsp3) is 0.118. The van der Waals surface area contributed by atoms with Crippen LogP contribution in [-0.2, 0) is 4.74 Å². The Bertz CT molecular complexity index is 767. The minimum absolute atomic E-state index is 0.324. The molecule has 0 saturated heterocycles. The molecule has 0 saturated carbocycles. The Balaban J connectivity index is 2.11. The molecule has 22 heavy (non-hydrogen) atoms. The third-order valence-corrected chi connectivity index (χ3v) is 3.17. The van der Waals surface area contributed by atoms with Gasteiger partial charge in [-0.25, -0.2) is 4.79 Å². The summed E-state index contributed by atoms with van der Waals surface area (Å²) in [6.45, 7) is 2.11. The summed E-state index contributed by atoms with van der Waals surface area (Å²) >= 11 is 0. The molecule has 0 amide bonds. The van der Waals surface area contributed by atoms with Gasteiger partial charge in [0.05, 0.1) is 34.9 Å². The first-order chi connectivity index (χ1) is 10.8. The lowest BCUT2D eigenvalue weighted by atomic mass is 10.1. The van der Waals surface area contributed by atoms with Crippen molar-refractivity contribution < 1.29 is 9.53 Å². The molecular weight excluding hydrogens is 278 g/mol. The van der Waals surface area contributed by atoms with Crippen molar-refractivity contribution in [1.82, 2.24) is 15.0 Å². The molecule has 0 unspecified atom stereocenters. The van der Waals surface area contributed by atoms with E-state index in [4.69, 9.17) is 4.74 Å². The largest absolute Gasteiger partial charge is 0.462 e. The second-order valence-electron chi connectivity index (χ2n) is 4.62. The summed E-state index contributed by atoms with van der Waals surface area (Å²) in [5.41, 5.74) is 3.30. The van der Waals surface area contributed by atoms with Crippen LogP contribution in [0.25, 0.3) is 22.8 Å². The first-order valence-electron chi connectivity index (χ1n) is 7.02. The molecule has 0 aliphatic heterocycles. The van der Waals surface area contributed by atoms with E-state index < -0.39 is 0 Å². The lowest BCUT2D eigenvalue weighted by Crippen LogP contribution is -2.05. The SMILES string of the molecule is CCOC(=O)c1cc(-c2ccccn2)[nH]c1-c1ccccn1. The van der Waals surface area contributed by atoms with Crippen molar-refractivity contribution in [3.8, 4) is 22.8 Å². The Labute approximate surface area is 128 Å². The van der Waals surface area contributed by atoms with E-state index in [0.717, 1.165) is 11.4 Å². The smallest absolute Gasteiger partial charge is 0.340 e. The number of pyridine rings is 2. The molecule has 0 fully saturated rings. The quantitative estimate of drug-likeness (QED) is 0.749. The van der Waals surface area contributed by atoms with Gasteiger partial charge in [-0.15, -0.1) is 0 Å². The van der Waals surface area contributed by atoms with E-state index >= 15 is 0 Å². The normalized spacial score (nSPS) is 10.4. The highest BCUT2D eigenvalue weighted by atomic mass is 16.5. The zero-order valence-corrected chi connectivity index (χ0v) is 12.1. The minimum atomic E-state index is -0.374. The number of carbonyl (C=O) groups is 1. The van der Waals surface area contributed by atoms with Gasteiger partial charge in [0.1, 0.15) is 0 Å². The van der Waals surface area contributed by atoms with E-state index in [9.17, 15) is 4.79 Å². The molecule has 3 heterocycles.